The minimum Gasteiger partial charge on any atom is -0.462 e. The third-order valence-electron chi connectivity index (χ3n) is 16.0. The summed E-state index contributed by atoms with van der Waals surface area (Å²) in [7, 11) is -4.42. The minimum atomic E-state index is -4.42. The first-order valence-electron chi connectivity index (χ1n) is 39.9. The molecule has 0 bridgehead atoms. The first-order chi connectivity index (χ1) is 49.8. The average Bonchev–Trinajstić information content (AvgIpc) is 1.01. The van der Waals surface area contributed by atoms with E-state index in [4.69, 9.17) is 24.3 Å². The van der Waals surface area contributed by atoms with Crippen molar-refractivity contribution in [2.24, 2.45) is 5.73 Å². The lowest BCUT2D eigenvalue weighted by molar-refractivity contribution is -0.161. The largest absolute Gasteiger partial charge is 0.472 e. The molecule has 0 aliphatic rings. The monoisotopic (exact) mass is 1410 g/mol. The molecule has 0 radical (unpaired) electrons. The van der Waals surface area contributed by atoms with Crippen molar-refractivity contribution in [3.8, 4) is 0 Å². The summed E-state index contributed by atoms with van der Waals surface area (Å²) >= 11 is 0. The maximum atomic E-state index is 12.8. The van der Waals surface area contributed by atoms with Gasteiger partial charge in [0.2, 0.25) is 0 Å². The Bertz CT molecular complexity index is 2520. The Morgan fingerprint density at radius 2 is 0.515 bits per heavy atom. The number of esters is 2. The Balaban J connectivity index is 3.95. The van der Waals surface area contributed by atoms with Crippen LogP contribution in [0.4, 0.5) is 0 Å². The van der Waals surface area contributed by atoms with E-state index in [2.05, 4.69) is 245 Å². The number of ether oxygens (including phenoxy) is 2. The lowest BCUT2D eigenvalue weighted by Crippen LogP contribution is -2.29. The molecular weight excluding hydrogens is 1270 g/mol. The van der Waals surface area contributed by atoms with Crippen molar-refractivity contribution in [1.29, 1.82) is 0 Å². The summed E-state index contributed by atoms with van der Waals surface area (Å²) in [5.74, 6) is -0.849. The number of hydrogen-bond acceptors (Lipinski definition) is 8. The van der Waals surface area contributed by atoms with Gasteiger partial charge in [0.25, 0.3) is 0 Å². The summed E-state index contributed by atoms with van der Waals surface area (Å²) in [5, 5.41) is 0. The minimum absolute atomic E-state index is 0.0415. The van der Waals surface area contributed by atoms with E-state index in [1.54, 1.807) is 0 Å². The zero-order valence-electron chi connectivity index (χ0n) is 63.8. The normalized spacial score (nSPS) is 14.1. The van der Waals surface area contributed by atoms with E-state index >= 15 is 0 Å². The van der Waals surface area contributed by atoms with Crippen LogP contribution in [0.5, 0.6) is 0 Å². The van der Waals surface area contributed by atoms with Crippen LogP contribution in [-0.2, 0) is 32.7 Å². The van der Waals surface area contributed by atoms with Gasteiger partial charge in [-0.05, 0) is 161 Å². The first-order valence-corrected chi connectivity index (χ1v) is 41.4. The molecule has 0 amide bonds. The summed E-state index contributed by atoms with van der Waals surface area (Å²) < 4.78 is 33.2. The van der Waals surface area contributed by atoms with E-state index < -0.39 is 32.5 Å². The van der Waals surface area contributed by atoms with Crippen LogP contribution in [0.1, 0.15) is 296 Å². The highest BCUT2D eigenvalue weighted by Crippen LogP contribution is 2.43. The molecule has 9 nitrogen and oxygen atoms in total. The third kappa shape index (κ3) is 82.9. The second-order valence-electron chi connectivity index (χ2n) is 25.5. The smallest absolute Gasteiger partial charge is 0.462 e. The number of carbonyl (C=O) groups is 2. The van der Waals surface area contributed by atoms with Crippen molar-refractivity contribution in [3.05, 3.63) is 231 Å². The van der Waals surface area contributed by atoms with Gasteiger partial charge in [-0.25, -0.2) is 4.57 Å². The Kier molecular flexibility index (Phi) is 78.1. The number of carbonyl (C=O) groups excluding carboxylic acids is 2. The predicted molar refractivity (Wildman–Crippen MR) is 440 cm³/mol. The van der Waals surface area contributed by atoms with Gasteiger partial charge in [-0.3, -0.25) is 18.6 Å². The Morgan fingerprint density at radius 1 is 0.297 bits per heavy atom. The number of unbranched alkanes of at least 4 members (excludes halogenated alkanes) is 21. The van der Waals surface area contributed by atoms with E-state index in [1.807, 2.05) is 0 Å². The van der Waals surface area contributed by atoms with Crippen LogP contribution in [0.25, 0.3) is 0 Å². The molecule has 0 fully saturated rings. The fourth-order valence-electron chi connectivity index (χ4n) is 10.2. The SMILES string of the molecule is CC/C=C\C/C=C\C/C=C\C/C=C\C/C=C\C/C=C\C/C=C\C/C=C\C/C=C\C/C=C\CCCCCCCCCCC(=O)OC(COC(=O)CCCCCCCCCCCCCCC/C=C\C/C=C\C/C=C\C/C=C\C/C=C\C/C=C\C/C=C\C/C=C\C/C=C\CC)COP(=O)(O)OCCN. The molecule has 0 aromatic heterocycles. The van der Waals surface area contributed by atoms with E-state index in [1.165, 1.54) is 89.9 Å². The Hall–Kier alpha value is -5.93. The second-order valence-corrected chi connectivity index (χ2v) is 26.9. The van der Waals surface area contributed by atoms with Crippen LogP contribution < -0.4 is 5.73 Å². The van der Waals surface area contributed by atoms with Gasteiger partial charge in [-0.15, -0.1) is 0 Å². The van der Waals surface area contributed by atoms with Crippen LogP contribution in [-0.4, -0.2) is 49.3 Å². The van der Waals surface area contributed by atoms with Crippen LogP contribution in [0.2, 0.25) is 0 Å². The molecule has 0 saturated carbocycles. The van der Waals surface area contributed by atoms with Crippen LogP contribution in [0.3, 0.4) is 0 Å². The molecule has 0 heterocycles. The molecule has 101 heavy (non-hydrogen) atoms. The van der Waals surface area contributed by atoms with Gasteiger partial charge in [0, 0.05) is 19.4 Å². The highest BCUT2D eigenvalue weighted by Gasteiger charge is 2.26. The van der Waals surface area contributed by atoms with Crippen molar-refractivity contribution in [3.63, 3.8) is 0 Å². The van der Waals surface area contributed by atoms with Crippen molar-refractivity contribution in [2.45, 2.75) is 302 Å². The van der Waals surface area contributed by atoms with Crippen molar-refractivity contribution >= 4 is 19.8 Å². The van der Waals surface area contributed by atoms with Gasteiger partial charge >= 0.3 is 19.8 Å². The molecule has 2 atom stereocenters. The molecule has 0 spiro atoms. The Morgan fingerprint density at radius 3 is 0.762 bits per heavy atom. The van der Waals surface area contributed by atoms with Gasteiger partial charge in [-0.2, -0.15) is 0 Å². The number of phosphoric acid groups is 1. The third-order valence-corrected chi connectivity index (χ3v) is 17.0. The molecule has 0 aliphatic heterocycles. The summed E-state index contributed by atoms with van der Waals surface area (Å²) in [6.45, 7) is 3.49. The Labute approximate surface area is 619 Å². The molecule has 0 aliphatic carbocycles. The number of nitrogens with two attached hydrogens (primary N) is 1. The van der Waals surface area contributed by atoms with Crippen LogP contribution in [0.15, 0.2) is 231 Å². The summed E-state index contributed by atoms with van der Waals surface area (Å²) in [4.78, 5) is 35.5. The predicted octanol–water partition coefficient (Wildman–Crippen LogP) is 27.3. The number of hydrogen-bond donors (Lipinski definition) is 2. The quantitative estimate of drug-likeness (QED) is 0.0264. The zero-order chi connectivity index (χ0) is 72.9. The van der Waals surface area contributed by atoms with Gasteiger partial charge < -0.3 is 20.1 Å². The van der Waals surface area contributed by atoms with Crippen molar-refractivity contribution in [1.82, 2.24) is 0 Å². The molecule has 10 heteroatoms. The second kappa shape index (κ2) is 83.0. The first kappa shape index (κ1) is 95.1. The molecule has 3 N–H and O–H groups in total. The molecule has 566 valence electrons. The lowest BCUT2D eigenvalue weighted by Gasteiger charge is -2.19. The van der Waals surface area contributed by atoms with Gasteiger partial charge in [0.15, 0.2) is 6.10 Å². The number of phosphoric ester groups is 1. The maximum Gasteiger partial charge on any atom is 0.472 e. The summed E-state index contributed by atoms with van der Waals surface area (Å²) in [6, 6.07) is 0. The van der Waals surface area contributed by atoms with Crippen LogP contribution in [0, 0.1) is 0 Å². The molecule has 0 aromatic carbocycles. The molecule has 0 aromatic rings. The van der Waals surface area contributed by atoms with Gasteiger partial charge in [0.1, 0.15) is 6.61 Å². The number of allylic oxidation sites excluding steroid dienone is 38. The topological polar surface area (TPSA) is 134 Å². The molecular formula is C91H144NO8P. The standard InChI is InChI=1S/C91H144NO8P/c1-3-5-7-9-11-13-15-17-19-21-23-25-27-29-31-33-35-37-39-41-43-44-46-47-49-51-53-55-57-59-61-63-65-67-69-71-73-75-77-79-81-83-90(93)97-87-89(88-99-101(95,96)98-86-85-92)100-91(94)84-82-80-78-76-74-72-70-68-66-64-62-60-58-56-54-52-50-48-45-42-40-38-36-34-32-30-28-26-24-22-20-18-16-14-12-10-8-6-4-2/h5-8,11-14,17-20,23-26,29-32,35-38,41-43,45-47,50-53,56,58,62,64,89H,3-4,9-10,15-16,21-22,27-28,33-34,39-40,44,48-49,54-55,57,59-61,63,65-88,92H2,1-2H3,(H,95,96)/b7-5-,8-6-,13-11-,14-12-,19-17-,20-18-,25-23-,26-24-,31-29-,32-30-,37-35-,38-36-,43-41-,45-42-,47-46-,52-50-,53-51-,58-56-,64-62-. The van der Waals surface area contributed by atoms with Crippen molar-refractivity contribution in [2.75, 3.05) is 26.4 Å². The van der Waals surface area contributed by atoms with Gasteiger partial charge in [-0.1, -0.05) is 354 Å². The zero-order valence-corrected chi connectivity index (χ0v) is 64.7. The summed E-state index contributed by atoms with van der Waals surface area (Å²) in [5.41, 5.74) is 5.41. The number of rotatable bonds is 72. The molecule has 0 saturated heterocycles. The summed E-state index contributed by atoms with van der Waals surface area (Å²) in [6.07, 6.45) is 130. The van der Waals surface area contributed by atoms with Gasteiger partial charge in [0.05, 0.1) is 13.2 Å². The maximum absolute atomic E-state index is 12.8. The fraction of sp³-hybridized carbons (Fsp3) is 0.560. The van der Waals surface area contributed by atoms with Crippen molar-refractivity contribution < 1.29 is 37.6 Å². The lowest BCUT2D eigenvalue weighted by atomic mass is 10.0. The highest BCUT2D eigenvalue weighted by atomic mass is 31.2. The van der Waals surface area contributed by atoms with E-state index in [-0.39, 0.29) is 32.6 Å². The van der Waals surface area contributed by atoms with E-state index in [0.29, 0.717) is 6.42 Å². The van der Waals surface area contributed by atoms with Crippen LogP contribution >= 0.6 is 7.82 Å². The molecule has 2 unspecified atom stereocenters. The molecule has 0 rings (SSSR count). The average molecular weight is 1410 g/mol. The van der Waals surface area contributed by atoms with E-state index in [9.17, 15) is 19.0 Å². The fourth-order valence-corrected chi connectivity index (χ4v) is 11.0. The highest BCUT2D eigenvalue weighted by molar-refractivity contribution is 7.47. The van der Waals surface area contributed by atoms with E-state index in [0.717, 1.165) is 173 Å².